The molecule has 0 aliphatic rings. The van der Waals surface area contributed by atoms with Gasteiger partial charge in [0.15, 0.2) is 0 Å². The first-order valence-corrected chi connectivity index (χ1v) is 6.68. The molecule has 0 saturated heterocycles. The molecule has 3 rings (SSSR count). The van der Waals surface area contributed by atoms with Crippen LogP contribution in [0.5, 0.6) is 0 Å². The Balaban J connectivity index is 2.11. The molecule has 1 aromatic heterocycles. The summed E-state index contributed by atoms with van der Waals surface area (Å²) in [4.78, 5) is 4.72. The molecular formula is C17H18N2. The van der Waals surface area contributed by atoms with Crippen LogP contribution in [0.3, 0.4) is 0 Å². The van der Waals surface area contributed by atoms with Crippen molar-refractivity contribution in [2.24, 2.45) is 7.05 Å². The van der Waals surface area contributed by atoms with Crippen LogP contribution in [0, 0.1) is 0 Å². The molecule has 1 heterocycles. The van der Waals surface area contributed by atoms with Gasteiger partial charge in [0.05, 0.1) is 11.0 Å². The number of benzene rings is 2. The highest BCUT2D eigenvalue weighted by Crippen LogP contribution is 2.25. The number of imidazole rings is 1. The highest BCUT2D eigenvalue weighted by atomic mass is 15.1. The zero-order valence-electron chi connectivity index (χ0n) is 11.6. The van der Waals surface area contributed by atoms with Crippen LogP contribution in [0.25, 0.3) is 22.4 Å². The van der Waals surface area contributed by atoms with Crippen LogP contribution < -0.4 is 0 Å². The molecule has 2 nitrogen and oxygen atoms in total. The van der Waals surface area contributed by atoms with Gasteiger partial charge in [0.1, 0.15) is 5.82 Å². The van der Waals surface area contributed by atoms with E-state index in [-0.39, 0.29) is 0 Å². The van der Waals surface area contributed by atoms with Gasteiger partial charge < -0.3 is 4.57 Å². The molecule has 0 spiro atoms. The van der Waals surface area contributed by atoms with E-state index in [1.54, 1.807) is 0 Å². The second kappa shape index (κ2) is 4.54. The average Bonchev–Trinajstić information content (AvgIpc) is 2.77. The third kappa shape index (κ3) is 2.03. The fourth-order valence-corrected chi connectivity index (χ4v) is 2.42. The lowest BCUT2D eigenvalue weighted by Crippen LogP contribution is -1.93. The summed E-state index contributed by atoms with van der Waals surface area (Å²) in [7, 11) is 2.07. The smallest absolute Gasteiger partial charge is 0.140 e. The maximum atomic E-state index is 4.72. The molecule has 0 aliphatic carbocycles. The Hall–Kier alpha value is -2.09. The number of aryl methyl sites for hydroxylation is 1. The van der Waals surface area contributed by atoms with Crippen molar-refractivity contribution in [2.75, 3.05) is 0 Å². The van der Waals surface area contributed by atoms with Crippen molar-refractivity contribution in [3.8, 4) is 11.4 Å². The maximum Gasteiger partial charge on any atom is 0.140 e. The largest absolute Gasteiger partial charge is 0.327 e. The summed E-state index contributed by atoms with van der Waals surface area (Å²) in [6.45, 7) is 4.42. The number of aromatic nitrogens is 2. The molecule has 2 aromatic carbocycles. The lowest BCUT2D eigenvalue weighted by molar-refractivity contribution is 0.866. The van der Waals surface area contributed by atoms with Gasteiger partial charge in [-0.2, -0.15) is 0 Å². The summed E-state index contributed by atoms with van der Waals surface area (Å²) in [6, 6.07) is 17.0. The van der Waals surface area contributed by atoms with E-state index in [1.807, 2.05) is 6.07 Å². The van der Waals surface area contributed by atoms with Crippen LogP contribution in [-0.4, -0.2) is 9.55 Å². The Morgan fingerprint density at radius 1 is 0.947 bits per heavy atom. The number of rotatable bonds is 2. The Bertz CT molecular complexity index is 706. The van der Waals surface area contributed by atoms with Gasteiger partial charge in [0.25, 0.3) is 0 Å². The van der Waals surface area contributed by atoms with E-state index in [4.69, 9.17) is 4.98 Å². The van der Waals surface area contributed by atoms with Gasteiger partial charge in [-0.1, -0.05) is 50.2 Å². The van der Waals surface area contributed by atoms with Crippen molar-refractivity contribution in [1.82, 2.24) is 9.55 Å². The number of para-hydroxylation sites is 2. The van der Waals surface area contributed by atoms with Crippen LogP contribution in [0.1, 0.15) is 25.3 Å². The molecule has 0 fully saturated rings. The molecule has 0 aliphatic heterocycles. The molecule has 0 atom stereocenters. The minimum absolute atomic E-state index is 0.564. The van der Waals surface area contributed by atoms with Crippen molar-refractivity contribution < 1.29 is 0 Å². The molecule has 3 aromatic rings. The molecule has 96 valence electrons. The normalized spacial score (nSPS) is 11.4. The first-order chi connectivity index (χ1) is 9.16. The number of hydrogen-bond acceptors (Lipinski definition) is 1. The van der Waals surface area contributed by atoms with E-state index in [0.717, 1.165) is 11.3 Å². The Morgan fingerprint density at radius 3 is 2.26 bits per heavy atom. The molecule has 0 amide bonds. The maximum absolute atomic E-state index is 4.72. The third-order valence-corrected chi connectivity index (χ3v) is 3.62. The second-order valence-corrected chi connectivity index (χ2v) is 5.26. The van der Waals surface area contributed by atoms with Crippen molar-refractivity contribution in [3.63, 3.8) is 0 Å². The van der Waals surface area contributed by atoms with Crippen LogP contribution in [0.2, 0.25) is 0 Å². The minimum atomic E-state index is 0.564. The first-order valence-electron chi connectivity index (χ1n) is 6.68. The lowest BCUT2D eigenvalue weighted by atomic mass is 10.0. The van der Waals surface area contributed by atoms with Crippen molar-refractivity contribution in [1.29, 1.82) is 0 Å². The van der Waals surface area contributed by atoms with Gasteiger partial charge in [0, 0.05) is 12.6 Å². The Kier molecular flexibility index (Phi) is 2.86. The zero-order valence-corrected chi connectivity index (χ0v) is 11.6. The molecule has 0 bridgehead atoms. The molecule has 0 radical (unpaired) electrons. The summed E-state index contributed by atoms with van der Waals surface area (Å²) in [5.41, 5.74) is 4.75. The van der Waals surface area contributed by atoms with E-state index < -0.39 is 0 Å². The number of nitrogens with zero attached hydrogens (tertiary/aromatic N) is 2. The van der Waals surface area contributed by atoms with E-state index in [0.29, 0.717) is 5.92 Å². The Labute approximate surface area is 113 Å². The van der Waals surface area contributed by atoms with Crippen LogP contribution in [0.15, 0.2) is 48.5 Å². The predicted octanol–water partition coefficient (Wildman–Crippen LogP) is 4.36. The second-order valence-electron chi connectivity index (χ2n) is 5.26. The van der Waals surface area contributed by atoms with Crippen molar-refractivity contribution in [3.05, 3.63) is 54.1 Å². The summed E-state index contributed by atoms with van der Waals surface area (Å²) >= 11 is 0. The standard InChI is InChI=1S/C17H18N2/c1-12(2)13-8-10-14(11-9-13)17-18-15-6-4-5-7-16(15)19(17)3/h4-12H,1-3H3. The van der Waals surface area contributed by atoms with Gasteiger partial charge in [-0.25, -0.2) is 4.98 Å². The van der Waals surface area contributed by atoms with E-state index >= 15 is 0 Å². The topological polar surface area (TPSA) is 17.8 Å². The number of fused-ring (bicyclic) bond motifs is 1. The first kappa shape index (κ1) is 12.0. The summed E-state index contributed by atoms with van der Waals surface area (Å²) in [5, 5.41) is 0. The molecule has 19 heavy (non-hydrogen) atoms. The number of hydrogen-bond donors (Lipinski definition) is 0. The summed E-state index contributed by atoms with van der Waals surface area (Å²) in [5.74, 6) is 1.59. The molecule has 2 heteroatoms. The summed E-state index contributed by atoms with van der Waals surface area (Å²) in [6.07, 6.45) is 0. The molecular weight excluding hydrogens is 232 g/mol. The molecule has 0 saturated carbocycles. The SMILES string of the molecule is CC(C)c1ccc(-c2nc3ccccc3n2C)cc1. The summed E-state index contributed by atoms with van der Waals surface area (Å²) < 4.78 is 2.15. The van der Waals surface area contributed by atoms with E-state index in [2.05, 4.69) is 67.9 Å². The van der Waals surface area contributed by atoms with Crippen molar-refractivity contribution in [2.45, 2.75) is 19.8 Å². The average molecular weight is 250 g/mol. The fraction of sp³-hybridized carbons (Fsp3) is 0.235. The third-order valence-electron chi connectivity index (χ3n) is 3.62. The monoisotopic (exact) mass is 250 g/mol. The van der Waals surface area contributed by atoms with Gasteiger partial charge in [-0.05, 0) is 23.6 Å². The van der Waals surface area contributed by atoms with Gasteiger partial charge in [0.2, 0.25) is 0 Å². The van der Waals surface area contributed by atoms with E-state index in [9.17, 15) is 0 Å². The molecule has 0 unspecified atom stereocenters. The van der Waals surface area contributed by atoms with Gasteiger partial charge in [-0.15, -0.1) is 0 Å². The zero-order chi connectivity index (χ0) is 13.4. The quantitative estimate of drug-likeness (QED) is 0.660. The van der Waals surface area contributed by atoms with Crippen LogP contribution in [0.4, 0.5) is 0 Å². The predicted molar refractivity (Wildman–Crippen MR) is 80.2 cm³/mol. The Morgan fingerprint density at radius 2 is 1.63 bits per heavy atom. The fourth-order valence-electron chi connectivity index (χ4n) is 2.42. The van der Waals surface area contributed by atoms with Gasteiger partial charge >= 0.3 is 0 Å². The van der Waals surface area contributed by atoms with Crippen LogP contribution in [-0.2, 0) is 7.05 Å². The highest BCUT2D eigenvalue weighted by Gasteiger charge is 2.09. The molecule has 0 N–H and O–H groups in total. The van der Waals surface area contributed by atoms with Crippen LogP contribution >= 0.6 is 0 Å². The highest BCUT2D eigenvalue weighted by molar-refractivity contribution is 5.80. The van der Waals surface area contributed by atoms with E-state index in [1.165, 1.54) is 16.6 Å². The van der Waals surface area contributed by atoms with Crippen molar-refractivity contribution >= 4 is 11.0 Å². The van der Waals surface area contributed by atoms with Gasteiger partial charge in [-0.3, -0.25) is 0 Å². The lowest BCUT2D eigenvalue weighted by Gasteiger charge is -2.07. The minimum Gasteiger partial charge on any atom is -0.327 e.